The lowest BCUT2D eigenvalue weighted by Crippen LogP contribution is -2.52. The Morgan fingerprint density at radius 1 is 0.913 bits per heavy atom. The summed E-state index contributed by atoms with van der Waals surface area (Å²) in [5.74, 6) is 0. The van der Waals surface area contributed by atoms with Gasteiger partial charge in [0.15, 0.2) is 16.6 Å². The molecular weight excluding hydrogens is 384 g/mol. The molecule has 2 atom stereocenters. The normalized spacial score (nSPS) is 24.6. The van der Waals surface area contributed by atoms with Crippen molar-refractivity contribution < 1.29 is 8.85 Å². The monoisotopic (exact) mass is 420 g/mol. The third kappa shape index (κ3) is 5.27. The second-order valence-corrected chi connectivity index (χ2v) is 20.3. The zero-order valence-electron chi connectivity index (χ0n) is 16.8. The Labute approximate surface area is 154 Å². The van der Waals surface area contributed by atoms with Gasteiger partial charge < -0.3 is 8.85 Å². The highest BCUT2D eigenvalue weighted by Crippen LogP contribution is 2.43. The predicted octanol–water partition coefficient (Wildman–Crippen LogP) is 6.84. The molecule has 1 aliphatic rings. The highest BCUT2D eigenvalue weighted by atomic mass is 79.9. The molecule has 0 bridgehead atoms. The van der Waals surface area contributed by atoms with Crippen LogP contribution in [0, 0.1) is 0 Å². The highest BCUT2D eigenvalue weighted by Gasteiger charge is 2.45. The van der Waals surface area contributed by atoms with Crippen LogP contribution >= 0.6 is 15.9 Å². The zero-order chi connectivity index (χ0) is 18.3. The summed E-state index contributed by atoms with van der Waals surface area (Å²) in [6, 6.07) is 0. The van der Waals surface area contributed by atoms with Crippen LogP contribution in [0.3, 0.4) is 0 Å². The van der Waals surface area contributed by atoms with Crippen LogP contribution in [0.1, 0.15) is 54.4 Å². The molecular formula is C18H37BrO2Si2. The van der Waals surface area contributed by atoms with E-state index >= 15 is 0 Å². The Bertz CT molecular complexity index is 445. The molecule has 0 radical (unpaired) electrons. The molecule has 0 aromatic heterocycles. The summed E-state index contributed by atoms with van der Waals surface area (Å²) in [6.45, 7) is 23.1. The second kappa shape index (κ2) is 7.06. The van der Waals surface area contributed by atoms with E-state index in [1.807, 2.05) is 0 Å². The topological polar surface area (TPSA) is 18.5 Å². The first-order chi connectivity index (χ1) is 10.1. The predicted molar refractivity (Wildman–Crippen MR) is 110 cm³/mol. The van der Waals surface area contributed by atoms with Crippen LogP contribution in [0.5, 0.6) is 0 Å². The molecule has 23 heavy (non-hydrogen) atoms. The van der Waals surface area contributed by atoms with Crippen LogP contribution in [0.15, 0.2) is 10.6 Å². The van der Waals surface area contributed by atoms with Crippen molar-refractivity contribution in [3.8, 4) is 0 Å². The summed E-state index contributed by atoms with van der Waals surface area (Å²) in [5, 5.41) is 0.432. The van der Waals surface area contributed by atoms with E-state index in [2.05, 4.69) is 89.7 Å². The van der Waals surface area contributed by atoms with E-state index in [9.17, 15) is 0 Å². The van der Waals surface area contributed by atoms with Gasteiger partial charge in [-0.25, -0.2) is 0 Å². The van der Waals surface area contributed by atoms with Gasteiger partial charge in [0.05, 0.1) is 6.10 Å². The molecule has 0 N–H and O–H groups in total. The number of halogens is 1. The third-order valence-electron chi connectivity index (χ3n) is 5.88. The van der Waals surface area contributed by atoms with Gasteiger partial charge in [0.1, 0.15) is 6.10 Å². The third-order valence-corrected chi connectivity index (χ3v) is 15.6. The molecule has 0 unspecified atom stereocenters. The average molecular weight is 422 g/mol. The van der Waals surface area contributed by atoms with Gasteiger partial charge in [0, 0.05) is 4.48 Å². The van der Waals surface area contributed by atoms with E-state index in [4.69, 9.17) is 8.85 Å². The summed E-state index contributed by atoms with van der Waals surface area (Å²) in [7, 11) is -3.63. The van der Waals surface area contributed by atoms with Crippen LogP contribution in [-0.2, 0) is 8.85 Å². The first-order valence-electron chi connectivity index (χ1n) is 8.80. The average Bonchev–Trinajstić information content (AvgIpc) is 2.30. The van der Waals surface area contributed by atoms with Gasteiger partial charge in [0.2, 0.25) is 0 Å². The van der Waals surface area contributed by atoms with E-state index in [1.54, 1.807) is 0 Å². The van der Waals surface area contributed by atoms with E-state index < -0.39 is 16.6 Å². The summed E-state index contributed by atoms with van der Waals surface area (Å²) in [5.41, 5.74) is 0. The maximum atomic E-state index is 6.75. The Morgan fingerprint density at radius 2 is 1.35 bits per heavy atom. The molecule has 0 aromatic rings. The van der Waals surface area contributed by atoms with Crippen LogP contribution < -0.4 is 0 Å². The van der Waals surface area contributed by atoms with Gasteiger partial charge in [-0.05, 0) is 49.1 Å². The Morgan fingerprint density at radius 3 is 1.78 bits per heavy atom. The van der Waals surface area contributed by atoms with Crippen LogP contribution in [0.25, 0.3) is 0 Å². The van der Waals surface area contributed by atoms with Crippen molar-refractivity contribution in [1.29, 1.82) is 0 Å². The smallest absolute Gasteiger partial charge is 0.193 e. The minimum Gasteiger partial charge on any atom is -0.411 e. The molecule has 0 heterocycles. The van der Waals surface area contributed by atoms with Gasteiger partial charge in [-0.2, -0.15) is 0 Å². The summed E-state index contributed by atoms with van der Waals surface area (Å²) in [4.78, 5) is 0. The van der Waals surface area contributed by atoms with Crippen molar-refractivity contribution in [3.05, 3.63) is 10.6 Å². The molecule has 0 amide bonds. The minimum absolute atomic E-state index is 0.0544. The quantitative estimate of drug-likeness (QED) is 0.463. The Balaban J connectivity index is 3.02. The number of rotatable bonds is 4. The standard InChI is InChI=1S/C18H37BrO2Si2/c1-17(2,3)22(7,8)20-15-13-11-12-14(19)16(15)21-23(9,10)18(4,5)6/h12,15-16H,11,13H2,1-10H3/t15-,16+/m0/s1. The van der Waals surface area contributed by atoms with Crippen molar-refractivity contribution in [2.75, 3.05) is 0 Å². The molecule has 0 spiro atoms. The van der Waals surface area contributed by atoms with E-state index in [0.29, 0.717) is 0 Å². The SMILES string of the molecule is CC(C)(C)[Si](C)(C)O[C@H]1CCC=C(Br)[C@H]1O[Si](C)(C)C(C)(C)C. The lowest BCUT2D eigenvalue weighted by molar-refractivity contribution is 0.0516. The summed E-state index contributed by atoms with van der Waals surface area (Å²) in [6.07, 6.45) is 4.62. The van der Waals surface area contributed by atoms with Crippen molar-refractivity contribution in [1.82, 2.24) is 0 Å². The molecule has 1 aliphatic carbocycles. The summed E-state index contributed by atoms with van der Waals surface area (Å²) >= 11 is 3.77. The zero-order valence-corrected chi connectivity index (χ0v) is 20.4. The van der Waals surface area contributed by atoms with E-state index in [-0.39, 0.29) is 22.3 Å². The molecule has 0 fully saturated rings. The number of hydrogen-bond acceptors (Lipinski definition) is 2. The molecule has 136 valence electrons. The lowest BCUT2D eigenvalue weighted by atomic mass is 10.0. The molecule has 0 aromatic carbocycles. The van der Waals surface area contributed by atoms with Crippen molar-refractivity contribution in [3.63, 3.8) is 0 Å². The Kier molecular flexibility index (Phi) is 6.64. The molecule has 0 saturated heterocycles. The molecule has 0 aliphatic heterocycles. The summed E-state index contributed by atoms with van der Waals surface area (Å²) < 4.78 is 14.7. The van der Waals surface area contributed by atoms with Crippen LogP contribution in [-0.4, -0.2) is 28.8 Å². The fourth-order valence-corrected chi connectivity index (χ4v) is 5.54. The van der Waals surface area contributed by atoms with Crippen molar-refractivity contribution in [2.24, 2.45) is 0 Å². The van der Waals surface area contributed by atoms with Crippen LogP contribution in [0.4, 0.5) is 0 Å². The van der Waals surface area contributed by atoms with E-state index in [0.717, 1.165) is 12.8 Å². The largest absolute Gasteiger partial charge is 0.411 e. The first-order valence-corrected chi connectivity index (χ1v) is 15.4. The molecule has 0 saturated carbocycles. The van der Waals surface area contributed by atoms with Gasteiger partial charge in [-0.15, -0.1) is 0 Å². The molecule has 1 rings (SSSR count). The maximum Gasteiger partial charge on any atom is 0.193 e. The maximum absolute atomic E-state index is 6.75. The highest BCUT2D eigenvalue weighted by molar-refractivity contribution is 9.11. The van der Waals surface area contributed by atoms with Gasteiger partial charge in [0.25, 0.3) is 0 Å². The fraction of sp³-hybridized carbons (Fsp3) is 0.889. The number of allylic oxidation sites excluding steroid dienone is 1. The van der Waals surface area contributed by atoms with E-state index in [1.165, 1.54) is 4.48 Å². The second-order valence-electron chi connectivity index (χ2n) is 9.88. The molecule has 5 heteroatoms. The first kappa shape index (κ1) is 21.6. The molecule has 2 nitrogen and oxygen atoms in total. The fourth-order valence-electron chi connectivity index (χ4n) is 2.13. The van der Waals surface area contributed by atoms with Crippen molar-refractivity contribution >= 4 is 32.6 Å². The van der Waals surface area contributed by atoms with Gasteiger partial charge in [-0.1, -0.05) is 63.5 Å². The van der Waals surface area contributed by atoms with Crippen molar-refractivity contribution in [2.45, 2.75) is 103 Å². The van der Waals surface area contributed by atoms with Gasteiger partial charge in [-0.3, -0.25) is 0 Å². The van der Waals surface area contributed by atoms with Gasteiger partial charge >= 0.3 is 0 Å². The minimum atomic E-state index is -1.83. The Hall–Kier alpha value is 0.574. The number of hydrogen-bond donors (Lipinski definition) is 0. The lowest BCUT2D eigenvalue weighted by Gasteiger charge is -2.46. The van der Waals surface area contributed by atoms with Crippen LogP contribution in [0.2, 0.25) is 36.3 Å².